The number of carbonyl (C=O) groups is 2. The van der Waals surface area contributed by atoms with Crippen molar-refractivity contribution in [2.24, 2.45) is 0 Å². The molecule has 0 aromatic heterocycles. The van der Waals surface area contributed by atoms with Crippen LogP contribution in [0.25, 0.3) is 0 Å². The number of anilines is 1. The molecule has 0 unspecified atom stereocenters. The summed E-state index contributed by atoms with van der Waals surface area (Å²) in [6.07, 6.45) is 1.84. The molecule has 4 aromatic carbocycles. The van der Waals surface area contributed by atoms with Crippen molar-refractivity contribution in [2.45, 2.75) is 50.6 Å². The number of sulfonamides is 1. The maximum Gasteiger partial charge on any atom is 0.264 e. The molecule has 0 fully saturated rings. The summed E-state index contributed by atoms with van der Waals surface area (Å²) in [5, 5.41) is 3.92. The molecule has 0 saturated heterocycles. The lowest BCUT2D eigenvalue weighted by Gasteiger charge is -2.34. The highest BCUT2D eigenvalue weighted by Crippen LogP contribution is 2.30. The Morgan fingerprint density at radius 2 is 1.50 bits per heavy atom. The summed E-state index contributed by atoms with van der Waals surface area (Å²) >= 11 is 18.9. The number of hydrogen-bond donors (Lipinski definition) is 1. The summed E-state index contributed by atoms with van der Waals surface area (Å²) in [6.45, 7) is 3.59. The molecule has 0 spiro atoms. The first-order valence-corrected chi connectivity index (χ1v) is 17.5. The number of aryl methyl sites for hydroxylation is 1. The van der Waals surface area contributed by atoms with Crippen molar-refractivity contribution in [3.8, 4) is 0 Å². The Bertz CT molecular complexity index is 1760. The molecule has 242 valence electrons. The summed E-state index contributed by atoms with van der Waals surface area (Å²) in [7, 11) is -4.24. The van der Waals surface area contributed by atoms with E-state index in [1.54, 1.807) is 55.5 Å². The summed E-state index contributed by atoms with van der Waals surface area (Å²) in [6, 6.07) is 26.1. The van der Waals surface area contributed by atoms with Crippen LogP contribution in [0.4, 0.5) is 5.69 Å². The molecule has 46 heavy (non-hydrogen) atoms. The third-order valence-electron chi connectivity index (χ3n) is 7.49. The smallest absolute Gasteiger partial charge is 0.264 e. The zero-order valence-electron chi connectivity index (χ0n) is 25.6. The number of nitrogens with one attached hydrogen (secondary N) is 1. The van der Waals surface area contributed by atoms with E-state index in [4.69, 9.17) is 34.8 Å². The number of amides is 2. The highest BCUT2D eigenvalue weighted by Gasteiger charge is 2.35. The predicted octanol–water partition coefficient (Wildman–Crippen LogP) is 7.71. The molecule has 1 N–H and O–H groups in total. The van der Waals surface area contributed by atoms with Crippen LogP contribution in [0.2, 0.25) is 15.1 Å². The van der Waals surface area contributed by atoms with Crippen LogP contribution in [0.3, 0.4) is 0 Å². The van der Waals surface area contributed by atoms with Crippen molar-refractivity contribution in [1.82, 2.24) is 10.2 Å². The number of nitrogens with zero attached hydrogens (tertiary/aromatic N) is 2. The molecule has 0 heterocycles. The Balaban J connectivity index is 1.82. The summed E-state index contributed by atoms with van der Waals surface area (Å²) in [4.78, 5) is 29.9. The molecule has 4 rings (SSSR count). The lowest BCUT2D eigenvalue weighted by atomic mass is 10.0. The highest BCUT2D eigenvalue weighted by molar-refractivity contribution is 7.92. The van der Waals surface area contributed by atoms with Crippen molar-refractivity contribution in [3.05, 3.63) is 129 Å². The number of rotatable bonds is 14. The van der Waals surface area contributed by atoms with Crippen molar-refractivity contribution >= 4 is 62.3 Å². The van der Waals surface area contributed by atoms with Crippen molar-refractivity contribution in [2.75, 3.05) is 17.4 Å². The number of unbranched alkanes of at least 4 members (excludes halogenated alkanes) is 1. The quantitative estimate of drug-likeness (QED) is 0.137. The Labute approximate surface area is 286 Å². The zero-order chi connectivity index (χ0) is 33.3. The second kappa shape index (κ2) is 16.3. The van der Waals surface area contributed by atoms with Gasteiger partial charge in [0.05, 0.1) is 20.6 Å². The molecule has 0 aliphatic carbocycles. The van der Waals surface area contributed by atoms with Gasteiger partial charge in [0.15, 0.2) is 0 Å². The molecule has 4 aromatic rings. The molecule has 7 nitrogen and oxygen atoms in total. The maximum absolute atomic E-state index is 14.6. The predicted molar refractivity (Wildman–Crippen MR) is 186 cm³/mol. The molecule has 0 saturated carbocycles. The number of halogens is 3. The van der Waals surface area contributed by atoms with Gasteiger partial charge in [-0.05, 0) is 66.4 Å². The van der Waals surface area contributed by atoms with Crippen LogP contribution < -0.4 is 9.62 Å². The van der Waals surface area contributed by atoms with Gasteiger partial charge in [-0.1, -0.05) is 109 Å². The first-order valence-electron chi connectivity index (χ1n) is 14.9. The van der Waals surface area contributed by atoms with Crippen molar-refractivity contribution < 1.29 is 18.0 Å². The highest BCUT2D eigenvalue weighted by atomic mass is 35.5. The second-order valence-electron chi connectivity index (χ2n) is 10.9. The van der Waals surface area contributed by atoms with Crippen LogP contribution in [-0.2, 0) is 32.6 Å². The Hall–Kier alpha value is -3.56. The van der Waals surface area contributed by atoms with Crippen molar-refractivity contribution in [3.63, 3.8) is 0 Å². The van der Waals surface area contributed by atoms with Gasteiger partial charge in [-0.25, -0.2) is 8.42 Å². The van der Waals surface area contributed by atoms with Gasteiger partial charge in [-0.3, -0.25) is 13.9 Å². The van der Waals surface area contributed by atoms with Gasteiger partial charge in [0.25, 0.3) is 10.0 Å². The van der Waals surface area contributed by atoms with Gasteiger partial charge in [-0.2, -0.15) is 0 Å². The fourth-order valence-corrected chi connectivity index (χ4v) is 6.96. The minimum atomic E-state index is -4.24. The third kappa shape index (κ3) is 9.04. The average Bonchev–Trinajstić information content (AvgIpc) is 3.05. The Morgan fingerprint density at radius 3 is 2.15 bits per heavy atom. The monoisotopic (exact) mass is 699 g/mol. The summed E-state index contributed by atoms with van der Waals surface area (Å²) in [5.74, 6) is -0.932. The fourth-order valence-electron chi connectivity index (χ4n) is 4.98. The SMILES string of the molecule is CCCCNC(=O)[C@@H](Cc1ccccc1)N(Cc1ccc(Cl)c(Cl)c1)C(=O)CN(c1cc(Cl)ccc1C)S(=O)(=O)c1ccccc1. The Morgan fingerprint density at radius 1 is 0.826 bits per heavy atom. The molecule has 1 atom stereocenters. The normalized spacial score (nSPS) is 11.9. The summed E-state index contributed by atoms with van der Waals surface area (Å²) in [5.41, 5.74) is 2.32. The lowest BCUT2D eigenvalue weighted by Crippen LogP contribution is -2.53. The number of carbonyl (C=O) groups excluding carboxylic acids is 2. The largest absolute Gasteiger partial charge is 0.354 e. The van der Waals surface area contributed by atoms with E-state index in [0.29, 0.717) is 32.7 Å². The molecular formula is C35H36Cl3N3O4S. The van der Waals surface area contributed by atoms with Gasteiger partial charge in [0, 0.05) is 24.5 Å². The van der Waals surface area contributed by atoms with Gasteiger partial charge in [-0.15, -0.1) is 0 Å². The van der Waals surface area contributed by atoms with E-state index in [1.807, 2.05) is 37.3 Å². The van der Waals surface area contributed by atoms with E-state index in [2.05, 4.69) is 5.32 Å². The number of benzene rings is 4. The molecule has 11 heteroatoms. The Kier molecular flexibility index (Phi) is 12.5. The van der Waals surface area contributed by atoms with E-state index in [0.717, 1.165) is 22.7 Å². The van der Waals surface area contributed by atoms with E-state index in [-0.39, 0.29) is 29.5 Å². The van der Waals surface area contributed by atoms with Crippen LogP contribution >= 0.6 is 34.8 Å². The topological polar surface area (TPSA) is 86.8 Å². The van der Waals surface area contributed by atoms with Crippen LogP contribution in [0.1, 0.15) is 36.5 Å². The van der Waals surface area contributed by atoms with E-state index >= 15 is 0 Å². The molecular weight excluding hydrogens is 665 g/mol. The van der Waals surface area contributed by atoms with Crippen molar-refractivity contribution in [1.29, 1.82) is 0 Å². The third-order valence-corrected chi connectivity index (χ3v) is 10.2. The zero-order valence-corrected chi connectivity index (χ0v) is 28.7. The van der Waals surface area contributed by atoms with E-state index < -0.39 is 28.5 Å². The lowest BCUT2D eigenvalue weighted by molar-refractivity contribution is -0.140. The standard InChI is InChI=1S/C35H36Cl3N3O4S/c1-3-4-19-39-35(43)33(21-26-11-7-5-8-12-26)40(23-27-16-18-30(37)31(38)20-27)34(42)24-41(32-22-28(36)17-15-25(32)2)46(44,45)29-13-9-6-10-14-29/h5-18,20,22,33H,3-4,19,21,23-24H2,1-2H3,(H,39,43)/t33-/m1/s1. The molecule has 0 aliphatic heterocycles. The van der Waals surface area contributed by atoms with Gasteiger partial charge < -0.3 is 10.2 Å². The molecule has 0 bridgehead atoms. The minimum Gasteiger partial charge on any atom is -0.354 e. The first-order chi connectivity index (χ1) is 22.0. The summed E-state index contributed by atoms with van der Waals surface area (Å²) < 4.78 is 29.4. The van der Waals surface area contributed by atoms with E-state index in [9.17, 15) is 18.0 Å². The first kappa shape index (κ1) is 35.3. The van der Waals surface area contributed by atoms with Crippen LogP contribution in [0.15, 0.2) is 102 Å². The van der Waals surface area contributed by atoms with Crippen LogP contribution in [0.5, 0.6) is 0 Å². The van der Waals surface area contributed by atoms with Gasteiger partial charge in [0.2, 0.25) is 11.8 Å². The maximum atomic E-state index is 14.6. The molecule has 2 amide bonds. The van der Waals surface area contributed by atoms with E-state index in [1.165, 1.54) is 23.1 Å². The number of hydrogen-bond acceptors (Lipinski definition) is 4. The second-order valence-corrected chi connectivity index (χ2v) is 14.0. The molecule has 0 radical (unpaired) electrons. The van der Waals surface area contributed by atoms with Crippen LogP contribution in [0, 0.1) is 6.92 Å². The fraction of sp³-hybridized carbons (Fsp3) is 0.257. The van der Waals surface area contributed by atoms with Crippen LogP contribution in [-0.4, -0.2) is 44.3 Å². The van der Waals surface area contributed by atoms with Gasteiger partial charge in [0.1, 0.15) is 12.6 Å². The molecule has 0 aliphatic rings. The minimum absolute atomic E-state index is 0.0105. The van der Waals surface area contributed by atoms with Gasteiger partial charge >= 0.3 is 0 Å². The average molecular weight is 701 g/mol.